The lowest BCUT2D eigenvalue weighted by atomic mass is 10.1. The molecule has 7 heteroatoms. The Morgan fingerprint density at radius 2 is 1.86 bits per heavy atom. The Morgan fingerprint density at radius 1 is 1.17 bits per heavy atom. The van der Waals surface area contributed by atoms with Crippen LogP contribution in [0, 0.1) is 12.7 Å². The van der Waals surface area contributed by atoms with Gasteiger partial charge in [0.05, 0.1) is 0 Å². The smallest absolute Gasteiger partial charge is 0.261 e. The van der Waals surface area contributed by atoms with E-state index in [4.69, 9.17) is 16.3 Å². The molecule has 0 fully saturated rings. The number of carbonyl (C=O) groups excluding carboxylic acids is 2. The van der Waals surface area contributed by atoms with E-state index >= 15 is 0 Å². The highest BCUT2D eigenvalue weighted by molar-refractivity contribution is 6.31. The Hall–Kier alpha value is -2.60. The summed E-state index contributed by atoms with van der Waals surface area (Å²) in [6.07, 6.45) is 0.443. The molecule has 1 atom stereocenters. The van der Waals surface area contributed by atoms with Gasteiger partial charge in [0.15, 0.2) is 6.61 Å². The van der Waals surface area contributed by atoms with E-state index in [1.807, 2.05) is 20.8 Å². The topological polar surface area (TPSA) is 58.6 Å². The molecule has 2 rings (SSSR count). The molecule has 5 nitrogen and oxygen atoms in total. The van der Waals surface area contributed by atoms with Crippen molar-refractivity contribution in [2.24, 2.45) is 0 Å². The van der Waals surface area contributed by atoms with Gasteiger partial charge in [-0.15, -0.1) is 0 Å². The first kappa shape index (κ1) is 22.7. The Kier molecular flexibility index (Phi) is 8.46. The number of nitrogens with one attached hydrogen (secondary N) is 1. The van der Waals surface area contributed by atoms with Gasteiger partial charge in [0, 0.05) is 18.1 Å². The van der Waals surface area contributed by atoms with Crippen molar-refractivity contribution in [2.75, 3.05) is 13.2 Å². The maximum absolute atomic E-state index is 13.2. The van der Waals surface area contributed by atoms with Crippen LogP contribution in [-0.2, 0) is 16.1 Å². The van der Waals surface area contributed by atoms with Crippen molar-refractivity contribution in [3.05, 3.63) is 64.4 Å². The van der Waals surface area contributed by atoms with E-state index in [1.54, 1.807) is 30.3 Å². The number of halogens is 2. The second kappa shape index (κ2) is 10.8. The molecular formula is C22H26ClFN2O3. The molecular weight excluding hydrogens is 395 g/mol. The number of likely N-dealkylation sites (N-methyl/N-ethyl adjacent to an activating group) is 1. The lowest BCUT2D eigenvalue weighted by Crippen LogP contribution is -2.50. The Bertz CT molecular complexity index is 842. The molecule has 0 saturated heterocycles. The number of hydrogen-bond acceptors (Lipinski definition) is 3. The standard InChI is InChI=1S/C22H26ClFN2O3/c1-4-20(22(28)25-5-2)26(13-16-6-8-17(24)9-7-16)21(27)14-29-18-10-11-19(23)15(3)12-18/h6-12,20H,4-5,13-14H2,1-3H3,(H,25,28)/t20-/m0/s1. The maximum atomic E-state index is 13.2. The van der Waals surface area contributed by atoms with E-state index in [0.717, 1.165) is 11.1 Å². The second-order valence-corrected chi connectivity index (χ2v) is 7.07. The number of nitrogens with zero attached hydrogens (tertiary/aromatic N) is 1. The highest BCUT2D eigenvalue weighted by Gasteiger charge is 2.28. The van der Waals surface area contributed by atoms with Crippen LogP contribution in [-0.4, -0.2) is 35.9 Å². The number of amides is 2. The van der Waals surface area contributed by atoms with Crippen molar-refractivity contribution in [1.29, 1.82) is 0 Å². The van der Waals surface area contributed by atoms with Gasteiger partial charge >= 0.3 is 0 Å². The van der Waals surface area contributed by atoms with E-state index in [-0.39, 0.29) is 30.8 Å². The van der Waals surface area contributed by atoms with Crippen molar-refractivity contribution >= 4 is 23.4 Å². The summed E-state index contributed by atoms with van der Waals surface area (Å²) in [5.41, 5.74) is 1.57. The first-order valence-electron chi connectivity index (χ1n) is 9.56. The normalized spacial score (nSPS) is 11.6. The zero-order valence-corrected chi connectivity index (χ0v) is 17.6. The molecule has 0 saturated carbocycles. The van der Waals surface area contributed by atoms with Gasteiger partial charge in [0.1, 0.15) is 17.6 Å². The largest absolute Gasteiger partial charge is 0.484 e. The maximum Gasteiger partial charge on any atom is 0.261 e. The van der Waals surface area contributed by atoms with Gasteiger partial charge in [-0.2, -0.15) is 0 Å². The zero-order chi connectivity index (χ0) is 21.4. The Balaban J connectivity index is 2.19. The average molecular weight is 421 g/mol. The van der Waals surface area contributed by atoms with Gasteiger partial charge in [0.2, 0.25) is 5.91 Å². The van der Waals surface area contributed by atoms with Crippen molar-refractivity contribution in [3.63, 3.8) is 0 Å². The fourth-order valence-electron chi connectivity index (χ4n) is 2.93. The molecule has 0 radical (unpaired) electrons. The van der Waals surface area contributed by atoms with Gasteiger partial charge in [-0.1, -0.05) is 30.7 Å². The van der Waals surface area contributed by atoms with E-state index in [9.17, 15) is 14.0 Å². The van der Waals surface area contributed by atoms with Gasteiger partial charge < -0.3 is 15.0 Å². The van der Waals surface area contributed by atoms with Crippen LogP contribution in [0.25, 0.3) is 0 Å². The van der Waals surface area contributed by atoms with E-state index < -0.39 is 6.04 Å². The van der Waals surface area contributed by atoms with Crippen LogP contribution < -0.4 is 10.1 Å². The summed E-state index contributed by atoms with van der Waals surface area (Å²) in [4.78, 5) is 26.9. The molecule has 0 aliphatic carbocycles. The summed E-state index contributed by atoms with van der Waals surface area (Å²) < 4.78 is 18.9. The second-order valence-electron chi connectivity index (χ2n) is 6.67. The predicted octanol–water partition coefficient (Wildman–Crippen LogP) is 4.11. The minimum absolute atomic E-state index is 0.178. The van der Waals surface area contributed by atoms with Crippen molar-refractivity contribution in [2.45, 2.75) is 39.8 Å². The summed E-state index contributed by atoms with van der Waals surface area (Å²) in [5, 5.41) is 3.38. The molecule has 0 aliphatic heterocycles. The Morgan fingerprint density at radius 3 is 2.45 bits per heavy atom. The minimum atomic E-state index is -0.650. The first-order valence-corrected chi connectivity index (χ1v) is 9.94. The zero-order valence-electron chi connectivity index (χ0n) is 16.9. The van der Waals surface area contributed by atoms with Crippen molar-refractivity contribution < 1.29 is 18.7 Å². The molecule has 0 spiro atoms. The first-order chi connectivity index (χ1) is 13.8. The van der Waals surface area contributed by atoms with Gasteiger partial charge in [-0.3, -0.25) is 9.59 Å². The fourth-order valence-corrected chi connectivity index (χ4v) is 3.05. The number of ether oxygens (including phenoxy) is 1. The summed E-state index contributed by atoms with van der Waals surface area (Å²) >= 11 is 6.02. The van der Waals surface area contributed by atoms with Crippen LogP contribution in [0.4, 0.5) is 4.39 Å². The number of hydrogen-bond donors (Lipinski definition) is 1. The van der Waals surface area contributed by atoms with Gasteiger partial charge in [-0.25, -0.2) is 4.39 Å². The molecule has 2 amide bonds. The van der Waals surface area contributed by atoms with Crippen LogP contribution in [0.2, 0.25) is 5.02 Å². The molecule has 1 N–H and O–H groups in total. The van der Waals surface area contributed by atoms with Crippen molar-refractivity contribution in [3.8, 4) is 5.75 Å². The van der Waals surface area contributed by atoms with Gasteiger partial charge in [0.25, 0.3) is 5.91 Å². The third kappa shape index (κ3) is 6.46. The van der Waals surface area contributed by atoms with Crippen LogP contribution in [0.1, 0.15) is 31.4 Å². The predicted molar refractivity (Wildman–Crippen MR) is 111 cm³/mol. The van der Waals surface area contributed by atoms with Gasteiger partial charge in [-0.05, 0) is 61.7 Å². The molecule has 0 heterocycles. The lowest BCUT2D eigenvalue weighted by molar-refractivity contribution is -0.142. The monoisotopic (exact) mass is 420 g/mol. The quantitative estimate of drug-likeness (QED) is 0.664. The van der Waals surface area contributed by atoms with Crippen LogP contribution in [0.5, 0.6) is 5.75 Å². The van der Waals surface area contributed by atoms with Crippen molar-refractivity contribution in [1.82, 2.24) is 10.2 Å². The highest BCUT2D eigenvalue weighted by atomic mass is 35.5. The summed E-state index contributed by atoms with van der Waals surface area (Å²) in [6, 6.07) is 10.4. The Labute approximate surface area is 175 Å². The molecule has 29 heavy (non-hydrogen) atoms. The SMILES string of the molecule is CCNC(=O)[C@H](CC)N(Cc1ccc(F)cc1)C(=O)COc1ccc(Cl)c(C)c1. The lowest BCUT2D eigenvalue weighted by Gasteiger charge is -2.30. The van der Waals surface area contributed by atoms with Crippen LogP contribution >= 0.6 is 11.6 Å². The number of rotatable bonds is 9. The van der Waals surface area contributed by atoms with E-state index in [0.29, 0.717) is 23.7 Å². The van der Waals surface area contributed by atoms with Crippen LogP contribution in [0.3, 0.4) is 0 Å². The highest BCUT2D eigenvalue weighted by Crippen LogP contribution is 2.21. The average Bonchev–Trinajstić information content (AvgIpc) is 2.70. The van der Waals surface area contributed by atoms with E-state index in [1.165, 1.54) is 17.0 Å². The number of carbonyl (C=O) groups is 2. The number of benzene rings is 2. The molecule has 2 aromatic rings. The summed E-state index contributed by atoms with van der Waals surface area (Å²) in [6.45, 7) is 5.93. The van der Waals surface area contributed by atoms with Crippen LogP contribution in [0.15, 0.2) is 42.5 Å². The summed E-state index contributed by atoms with van der Waals surface area (Å²) in [5.74, 6) is -0.398. The molecule has 0 aromatic heterocycles. The molecule has 0 bridgehead atoms. The third-order valence-corrected chi connectivity index (χ3v) is 4.92. The molecule has 2 aromatic carbocycles. The molecule has 0 aliphatic rings. The molecule has 0 unspecified atom stereocenters. The molecule has 156 valence electrons. The summed E-state index contributed by atoms with van der Waals surface area (Å²) in [7, 11) is 0. The third-order valence-electron chi connectivity index (χ3n) is 4.49. The van der Waals surface area contributed by atoms with E-state index in [2.05, 4.69) is 5.32 Å². The fraction of sp³-hybridized carbons (Fsp3) is 0.364. The minimum Gasteiger partial charge on any atom is -0.484 e. The number of aryl methyl sites for hydroxylation is 1.